The van der Waals surface area contributed by atoms with Crippen LogP contribution in [0.1, 0.15) is 5.82 Å². The second kappa shape index (κ2) is 5.16. The summed E-state index contributed by atoms with van der Waals surface area (Å²) in [4.78, 5) is 14.5. The minimum absolute atomic E-state index is 0. The molecule has 0 aliphatic heterocycles. The molecule has 0 spiro atoms. The van der Waals surface area contributed by atoms with Crippen LogP contribution in [-0.2, 0) is 11.2 Å². The molecule has 0 amide bonds. The molecule has 0 atom stereocenters. The monoisotopic (exact) mass is 212 g/mol. The SMILES string of the molecule is O=C(O)Cc1nnc2ccccc2n1.[Na+]. The molecule has 1 aromatic heterocycles. The van der Waals surface area contributed by atoms with Crippen LogP contribution in [0.15, 0.2) is 24.3 Å². The predicted molar refractivity (Wildman–Crippen MR) is 48.7 cm³/mol. The van der Waals surface area contributed by atoms with Crippen LogP contribution < -0.4 is 29.6 Å². The first kappa shape index (κ1) is 12.0. The Labute approximate surface area is 108 Å². The molecule has 70 valence electrons. The zero-order valence-electron chi connectivity index (χ0n) is 8.21. The van der Waals surface area contributed by atoms with Gasteiger partial charge < -0.3 is 5.11 Å². The molecule has 0 aliphatic rings. The van der Waals surface area contributed by atoms with E-state index in [0.29, 0.717) is 11.0 Å². The average Bonchev–Trinajstić information content (AvgIpc) is 2.17. The Bertz CT molecular complexity index is 489. The summed E-state index contributed by atoms with van der Waals surface area (Å²) in [7, 11) is 0. The summed E-state index contributed by atoms with van der Waals surface area (Å²) in [5, 5.41) is 16.1. The minimum Gasteiger partial charge on any atom is -0.481 e. The molecule has 0 fully saturated rings. The molecule has 0 saturated carbocycles. The predicted octanol–water partition coefficient (Wildman–Crippen LogP) is -2.34. The number of aliphatic carboxylic acids is 1. The van der Waals surface area contributed by atoms with Crippen LogP contribution in [0.5, 0.6) is 0 Å². The van der Waals surface area contributed by atoms with E-state index in [9.17, 15) is 4.79 Å². The van der Waals surface area contributed by atoms with Gasteiger partial charge in [0.2, 0.25) is 0 Å². The number of nitrogens with zero attached hydrogens (tertiary/aromatic N) is 3. The summed E-state index contributed by atoms with van der Waals surface area (Å²) in [5.41, 5.74) is 1.33. The number of carboxylic acid groups (broad SMARTS) is 1. The van der Waals surface area contributed by atoms with Gasteiger partial charge in [-0.1, -0.05) is 12.1 Å². The molecule has 2 rings (SSSR count). The molecule has 0 radical (unpaired) electrons. The van der Waals surface area contributed by atoms with Crippen molar-refractivity contribution in [3.05, 3.63) is 30.1 Å². The van der Waals surface area contributed by atoms with Gasteiger partial charge in [0.05, 0.1) is 5.52 Å². The Kier molecular flexibility index (Phi) is 4.14. The van der Waals surface area contributed by atoms with E-state index in [1.807, 2.05) is 12.1 Å². The van der Waals surface area contributed by atoms with Crippen molar-refractivity contribution in [3.63, 3.8) is 0 Å². The number of fused-ring (bicyclic) bond motifs is 1. The van der Waals surface area contributed by atoms with Gasteiger partial charge in [0, 0.05) is 0 Å². The Morgan fingerprint density at radius 1 is 1.20 bits per heavy atom. The molecule has 15 heavy (non-hydrogen) atoms. The third-order valence-corrected chi connectivity index (χ3v) is 1.71. The molecule has 0 aliphatic carbocycles. The van der Waals surface area contributed by atoms with Crippen molar-refractivity contribution in [1.29, 1.82) is 0 Å². The zero-order valence-corrected chi connectivity index (χ0v) is 10.2. The molecule has 0 saturated heterocycles. The van der Waals surface area contributed by atoms with Crippen LogP contribution in [0.4, 0.5) is 0 Å². The summed E-state index contributed by atoms with van der Waals surface area (Å²) in [6.07, 6.45) is -0.197. The molecular formula is C9H7N3NaO2+. The van der Waals surface area contributed by atoms with Crippen LogP contribution in [0.25, 0.3) is 11.0 Å². The summed E-state index contributed by atoms with van der Waals surface area (Å²) in [5.74, 6) is -0.724. The quantitative estimate of drug-likeness (QED) is 0.564. The topological polar surface area (TPSA) is 76.0 Å². The normalized spacial score (nSPS) is 9.60. The maximum absolute atomic E-state index is 10.4. The number of benzene rings is 1. The molecule has 1 N–H and O–H groups in total. The Balaban J connectivity index is 0.00000112. The number of hydrogen-bond acceptors (Lipinski definition) is 4. The first-order valence-corrected chi connectivity index (χ1v) is 4.06. The fourth-order valence-corrected chi connectivity index (χ4v) is 1.13. The largest absolute Gasteiger partial charge is 1.00 e. The molecule has 6 heteroatoms. The molecule has 2 aromatic rings. The van der Waals surface area contributed by atoms with E-state index >= 15 is 0 Å². The number of aromatic nitrogens is 3. The molecule has 5 nitrogen and oxygen atoms in total. The maximum atomic E-state index is 10.4. The van der Waals surface area contributed by atoms with E-state index in [4.69, 9.17) is 5.11 Å². The second-order valence-electron chi connectivity index (χ2n) is 2.79. The van der Waals surface area contributed by atoms with E-state index in [1.165, 1.54) is 0 Å². The molecule has 0 bridgehead atoms. The van der Waals surface area contributed by atoms with Gasteiger partial charge in [-0.2, -0.15) is 0 Å². The van der Waals surface area contributed by atoms with Crippen molar-refractivity contribution in [2.45, 2.75) is 6.42 Å². The third kappa shape index (κ3) is 2.95. The smallest absolute Gasteiger partial charge is 0.481 e. The van der Waals surface area contributed by atoms with Gasteiger partial charge in [0.1, 0.15) is 11.9 Å². The summed E-state index contributed by atoms with van der Waals surface area (Å²) < 4.78 is 0. The van der Waals surface area contributed by atoms with Crippen molar-refractivity contribution < 1.29 is 39.5 Å². The number of carbonyl (C=O) groups is 1. The standard InChI is InChI=1S/C9H7N3O2.Na/c13-9(14)5-8-10-6-3-1-2-4-7(6)11-12-8;/h1-4H,5H2,(H,13,14);/q;+1. The Morgan fingerprint density at radius 3 is 2.53 bits per heavy atom. The van der Waals surface area contributed by atoms with Gasteiger partial charge in [-0.25, -0.2) is 4.98 Å². The van der Waals surface area contributed by atoms with Gasteiger partial charge in [0.25, 0.3) is 0 Å². The van der Waals surface area contributed by atoms with Gasteiger partial charge in [-0.05, 0) is 12.1 Å². The van der Waals surface area contributed by atoms with E-state index in [-0.39, 0.29) is 41.8 Å². The van der Waals surface area contributed by atoms with Crippen LogP contribution in [-0.4, -0.2) is 26.3 Å². The Morgan fingerprint density at radius 2 is 1.87 bits per heavy atom. The van der Waals surface area contributed by atoms with E-state index < -0.39 is 5.97 Å². The maximum Gasteiger partial charge on any atom is 1.00 e. The van der Waals surface area contributed by atoms with Crippen LogP contribution in [0.3, 0.4) is 0 Å². The summed E-state index contributed by atoms with van der Waals surface area (Å²) >= 11 is 0. The van der Waals surface area contributed by atoms with Crippen molar-refractivity contribution in [3.8, 4) is 0 Å². The van der Waals surface area contributed by atoms with E-state index in [0.717, 1.165) is 0 Å². The van der Waals surface area contributed by atoms with Crippen molar-refractivity contribution in [1.82, 2.24) is 15.2 Å². The van der Waals surface area contributed by atoms with Crippen LogP contribution in [0, 0.1) is 0 Å². The fourth-order valence-electron chi connectivity index (χ4n) is 1.13. The van der Waals surface area contributed by atoms with Crippen molar-refractivity contribution in [2.75, 3.05) is 0 Å². The fraction of sp³-hybridized carbons (Fsp3) is 0.111. The van der Waals surface area contributed by atoms with Gasteiger partial charge >= 0.3 is 35.5 Å². The average molecular weight is 212 g/mol. The Hall–Kier alpha value is -1.04. The second-order valence-corrected chi connectivity index (χ2v) is 2.79. The number of para-hydroxylation sites is 1. The third-order valence-electron chi connectivity index (χ3n) is 1.71. The summed E-state index contributed by atoms with van der Waals surface area (Å²) in [6, 6.07) is 7.20. The first-order valence-electron chi connectivity index (χ1n) is 4.06. The van der Waals surface area contributed by atoms with Crippen LogP contribution in [0.2, 0.25) is 0 Å². The van der Waals surface area contributed by atoms with Crippen molar-refractivity contribution >= 4 is 17.0 Å². The van der Waals surface area contributed by atoms with E-state index in [2.05, 4.69) is 15.2 Å². The molecule has 1 aromatic carbocycles. The summed E-state index contributed by atoms with van der Waals surface area (Å²) in [6.45, 7) is 0. The van der Waals surface area contributed by atoms with Gasteiger partial charge in [-0.15, -0.1) is 10.2 Å². The van der Waals surface area contributed by atoms with Crippen LogP contribution >= 0.6 is 0 Å². The van der Waals surface area contributed by atoms with Gasteiger partial charge in [-0.3, -0.25) is 4.79 Å². The van der Waals surface area contributed by atoms with Gasteiger partial charge in [0.15, 0.2) is 5.82 Å². The number of hydrogen-bond donors (Lipinski definition) is 1. The van der Waals surface area contributed by atoms with E-state index in [1.54, 1.807) is 12.1 Å². The molecule has 1 heterocycles. The minimum atomic E-state index is -0.956. The zero-order chi connectivity index (χ0) is 9.97. The molecular weight excluding hydrogens is 205 g/mol. The first-order chi connectivity index (χ1) is 6.75. The number of carboxylic acids is 1. The van der Waals surface area contributed by atoms with Crippen molar-refractivity contribution in [2.24, 2.45) is 0 Å². The molecule has 0 unspecified atom stereocenters. The number of rotatable bonds is 2.